The fraction of sp³-hybridized carbons (Fsp3) is 0.769. The van der Waals surface area contributed by atoms with E-state index in [2.05, 4.69) is 15.9 Å². The highest BCUT2D eigenvalue weighted by Crippen LogP contribution is 2.25. The van der Waals surface area contributed by atoms with Crippen LogP contribution in [0.4, 0.5) is 0 Å². The van der Waals surface area contributed by atoms with E-state index in [-0.39, 0.29) is 6.61 Å². The summed E-state index contributed by atoms with van der Waals surface area (Å²) in [5, 5.41) is 0.547. The molecule has 0 bridgehead atoms. The number of halogens is 1. The molecule has 1 fully saturated rings. The lowest BCUT2D eigenvalue weighted by Crippen LogP contribution is -2.58. The second-order valence-corrected chi connectivity index (χ2v) is 5.35. The monoisotopic (exact) mass is 382 g/mol. The van der Waals surface area contributed by atoms with E-state index >= 15 is 0 Å². The minimum absolute atomic E-state index is 0.0394. The summed E-state index contributed by atoms with van der Waals surface area (Å²) in [4.78, 5) is 33.8. The van der Waals surface area contributed by atoms with Crippen LogP contribution in [0, 0.1) is 0 Å². The normalized spacial score (nSPS) is 27.8. The first-order valence-corrected chi connectivity index (χ1v) is 7.78. The minimum atomic E-state index is -1.03. The molecule has 126 valence electrons. The molecule has 0 radical (unpaired) electrons. The van der Waals surface area contributed by atoms with Crippen molar-refractivity contribution in [2.75, 3.05) is 18.5 Å². The third kappa shape index (κ3) is 5.90. The van der Waals surface area contributed by atoms with Crippen LogP contribution in [0.5, 0.6) is 0 Å². The molecule has 0 N–H and O–H groups in total. The van der Waals surface area contributed by atoms with Gasteiger partial charge in [-0.15, -0.1) is 0 Å². The van der Waals surface area contributed by atoms with Crippen LogP contribution in [0.25, 0.3) is 0 Å². The fourth-order valence-electron chi connectivity index (χ4n) is 2.01. The Kier molecular flexibility index (Phi) is 7.77. The Morgan fingerprint density at radius 3 is 2.05 bits per heavy atom. The zero-order valence-corrected chi connectivity index (χ0v) is 14.2. The average molecular weight is 383 g/mol. The lowest BCUT2D eigenvalue weighted by molar-refractivity contribution is -0.279. The first-order valence-electron chi connectivity index (χ1n) is 6.66. The molecular weight excluding hydrogens is 364 g/mol. The van der Waals surface area contributed by atoms with Gasteiger partial charge in [-0.25, -0.2) is 0 Å². The van der Waals surface area contributed by atoms with Crippen molar-refractivity contribution in [1.29, 1.82) is 0 Å². The highest BCUT2D eigenvalue weighted by molar-refractivity contribution is 9.09. The first-order chi connectivity index (χ1) is 10.3. The van der Waals surface area contributed by atoms with E-state index in [0.717, 1.165) is 0 Å². The molecule has 1 rings (SSSR count). The highest BCUT2D eigenvalue weighted by atomic mass is 79.9. The van der Waals surface area contributed by atoms with E-state index in [1.54, 1.807) is 0 Å². The maximum Gasteiger partial charge on any atom is 0.303 e. The predicted octanol–water partition coefficient (Wildman–Crippen LogP) is 0.549. The smallest absolute Gasteiger partial charge is 0.303 e. The van der Waals surface area contributed by atoms with Crippen LogP contribution in [-0.2, 0) is 38.1 Å². The van der Waals surface area contributed by atoms with Crippen LogP contribution in [-0.4, -0.2) is 61.1 Å². The standard InChI is InChI=1S/C13H19BrO8/c1-7(15)20-10-6-19-13(18-5-4-14)12(22-9(3)17)11(10)21-8(2)16/h10-13H,4-6H2,1-3H3/t10-,11-,12+,13-/m0/s1. The number of esters is 3. The Morgan fingerprint density at radius 1 is 1.00 bits per heavy atom. The average Bonchev–Trinajstić information content (AvgIpc) is 2.40. The van der Waals surface area contributed by atoms with Gasteiger partial charge in [0.15, 0.2) is 24.6 Å². The minimum Gasteiger partial charge on any atom is -0.456 e. The maximum absolute atomic E-state index is 11.3. The summed E-state index contributed by atoms with van der Waals surface area (Å²) >= 11 is 3.20. The van der Waals surface area contributed by atoms with Gasteiger partial charge in [-0.2, -0.15) is 0 Å². The summed E-state index contributed by atoms with van der Waals surface area (Å²) in [6.45, 7) is 3.90. The van der Waals surface area contributed by atoms with Gasteiger partial charge >= 0.3 is 17.9 Å². The summed E-state index contributed by atoms with van der Waals surface area (Å²) in [5.74, 6) is -1.76. The topological polar surface area (TPSA) is 97.4 Å². The van der Waals surface area contributed by atoms with Gasteiger partial charge in [0.1, 0.15) is 0 Å². The zero-order chi connectivity index (χ0) is 16.7. The van der Waals surface area contributed by atoms with Crippen molar-refractivity contribution >= 4 is 33.8 Å². The second kappa shape index (κ2) is 9.06. The summed E-state index contributed by atoms with van der Waals surface area (Å²) in [5.41, 5.74) is 0. The fourth-order valence-corrected chi connectivity index (χ4v) is 2.20. The van der Waals surface area contributed by atoms with Crippen LogP contribution >= 0.6 is 15.9 Å². The number of alkyl halides is 1. The van der Waals surface area contributed by atoms with E-state index in [0.29, 0.717) is 11.9 Å². The van der Waals surface area contributed by atoms with Crippen LogP contribution in [0.2, 0.25) is 0 Å². The Bertz CT molecular complexity index is 413. The van der Waals surface area contributed by atoms with Crippen LogP contribution in [0.3, 0.4) is 0 Å². The molecule has 1 aliphatic rings. The quantitative estimate of drug-likeness (QED) is 0.373. The molecule has 0 aromatic rings. The lowest BCUT2D eigenvalue weighted by Gasteiger charge is -2.40. The van der Waals surface area contributed by atoms with Crippen molar-refractivity contribution in [3.63, 3.8) is 0 Å². The van der Waals surface area contributed by atoms with Crippen molar-refractivity contribution in [2.24, 2.45) is 0 Å². The third-order valence-electron chi connectivity index (χ3n) is 2.66. The van der Waals surface area contributed by atoms with E-state index in [9.17, 15) is 14.4 Å². The van der Waals surface area contributed by atoms with Crippen molar-refractivity contribution < 1.29 is 38.1 Å². The number of carbonyl (C=O) groups excluding carboxylic acids is 3. The van der Waals surface area contributed by atoms with Crippen LogP contribution in [0.1, 0.15) is 20.8 Å². The van der Waals surface area contributed by atoms with Crippen molar-refractivity contribution in [1.82, 2.24) is 0 Å². The van der Waals surface area contributed by atoms with E-state index in [1.807, 2.05) is 0 Å². The Labute approximate surface area is 136 Å². The van der Waals surface area contributed by atoms with Crippen molar-refractivity contribution in [2.45, 2.75) is 45.4 Å². The maximum atomic E-state index is 11.3. The van der Waals surface area contributed by atoms with E-state index < -0.39 is 42.5 Å². The molecule has 0 saturated carbocycles. The van der Waals surface area contributed by atoms with Gasteiger partial charge in [-0.05, 0) is 0 Å². The van der Waals surface area contributed by atoms with Gasteiger partial charge < -0.3 is 23.7 Å². The zero-order valence-electron chi connectivity index (χ0n) is 12.6. The van der Waals surface area contributed by atoms with Crippen LogP contribution < -0.4 is 0 Å². The number of carbonyl (C=O) groups is 3. The molecule has 8 nitrogen and oxygen atoms in total. The van der Waals surface area contributed by atoms with Gasteiger partial charge in [0.25, 0.3) is 0 Å². The molecule has 0 unspecified atom stereocenters. The molecule has 0 aromatic heterocycles. The SMILES string of the molecule is CC(=O)O[C@@H]1[C@@H](OC(C)=O)[C@@H](OCCBr)OC[C@@H]1OC(C)=O. The number of hydrogen-bond acceptors (Lipinski definition) is 8. The number of ether oxygens (including phenoxy) is 5. The largest absolute Gasteiger partial charge is 0.456 e. The Morgan fingerprint density at radius 2 is 1.55 bits per heavy atom. The summed E-state index contributed by atoms with van der Waals surface area (Å²) in [6.07, 6.45) is -3.83. The molecule has 4 atom stereocenters. The lowest BCUT2D eigenvalue weighted by atomic mass is 10.0. The second-order valence-electron chi connectivity index (χ2n) is 4.56. The number of hydrogen-bond donors (Lipinski definition) is 0. The highest BCUT2D eigenvalue weighted by Gasteiger charge is 2.47. The molecule has 9 heteroatoms. The van der Waals surface area contributed by atoms with Crippen molar-refractivity contribution in [3.8, 4) is 0 Å². The van der Waals surface area contributed by atoms with Gasteiger partial charge in [-0.3, -0.25) is 14.4 Å². The third-order valence-corrected chi connectivity index (χ3v) is 2.99. The Balaban J connectivity index is 2.95. The first kappa shape index (κ1) is 18.9. The molecule has 0 aliphatic carbocycles. The molecule has 1 aliphatic heterocycles. The molecular formula is C13H19BrO8. The Hall–Kier alpha value is -1.19. The molecule has 0 amide bonds. The molecule has 0 aromatic carbocycles. The number of rotatable bonds is 6. The summed E-state index contributed by atoms with van der Waals surface area (Å²) in [6, 6.07) is 0. The summed E-state index contributed by atoms with van der Waals surface area (Å²) < 4.78 is 26.3. The molecule has 0 spiro atoms. The molecule has 22 heavy (non-hydrogen) atoms. The van der Waals surface area contributed by atoms with Gasteiger partial charge in [-0.1, -0.05) is 15.9 Å². The van der Waals surface area contributed by atoms with Crippen molar-refractivity contribution in [3.05, 3.63) is 0 Å². The van der Waals surface area contributed by atoms with Gasteiger partial charge in [0.05, 0.1) is 13.2 Å². The van der Waals surface area contributed by atoms with Crippen LogP contribution in [0.15, 0.2) is 0 Å². The van der Waals surface area contributed by atoms with E-state index in [1.165, 1.54) is 20.8 Å². The van der Waals surface area contributed by atoms with Gasteiger partial charge in [0, 0.05) is 26.1 Å². The summed E-state index contributed by atoms with van der Waals surface area (Å²) in [7, 11) is 0. The van der Waals surface area contributed by atoms with Gasteiger partial charge in [0.2, 0.25) is 0 Å². The molecule has 1 saturated heterocycles. The predicted molar refractivity (Wildman–Crippen MR) is 76.1 cm³/mol. The molecule has 1 heterocycles. The van der Waals surface area contributed by atoms with E-state index in [4.69, 9.17) is 23.7 Å².